The van der Waals surface area contributed by atoms with Crippen LogP contribution in [0.3, 0.4) is 0 Å². The molecule has 0 radical (unpaired) electrons. The van der Waals surface area contributed by atoms with Gasteiger partial charge in [-0.15, -0.1) is 0 Å². The normalized spacial score (nSPS) is 14.7. The Kier molecular flexibility index (Phi) is 10.3. The molecule has 0 amide bonds. The second-order valence-electron chi connectivity index (χ2n) is 5.40. The second kappa shape index (κ2) is 10.4. The minimum atomic E-state index is -2.08. The third kappa shape index (κ3) is 4.33. The van der Waals surface area contributed by atoms with Crippen LogP contribution in [0.5, 0.6) is 0 Å². The molecule has 2 nitrogen and oxygen atoms in total. The van der Waals surface area contributed by atoms with Crippen molar-refractivity contribution in [2.75, 3.05) is 14.2 Å². The van der Waals surface area contributed by atoms with Crippen LogP contribution in [0.25, 0.3) is 0 Å². The van der Waals surface area contributed by atoms with Crippen LogP contribution >= 0.6 is 0 Å². The molecule has 0 aromatic rings. The van der Waals surface area contributed by atoms with Gasteiger partial charge in [-0.2, -0.15) is 0 Å². The average molecular weight is 342 g/mol. The quantitative estimate of drug-likeness (QED) is 0.754. The Bertz CT molecular complexity index is 520. The van der Waals surface area contributed by atoms with Crippen molar-refractivity contribution in [3.05, 3.63) is 44.2 Å². The Balaban J connectivity index is 0.000000921. The van der Waals surface area contributed by atoms with Crippen LogP contribution in [0, 0.1) is 0 Å². The molecule has 0 spiro atoms. The van der Waals surface area contributed by atoms with Crippen LogP contribution in [0.15, 0.2) is 44.2 Å². The van der Waals surface area contributed by atoms with Crippen LogP contribution in [-0.2, 0) is 14.9 Å². The van der Waals surface area contributed by atoms with Gasteiger partial charge in [-0.05, 0) is 0 Å². The molecule has 4 heteroatoms. The fourth-order valence-electron chi connectivity index (χ4n) is 3.44. The van der Waals surface area contributed by atoms with Crippen LogP contribution in [-0.4, -0.2) is 34.4 Å². The first-order chi connectivity index (χ1) is 10.1. The van der Waals surface area contributed by atoms with Gasteiger partial charge in [-0.1, -0.05) is 0 Å². The molecule has 0 aromatic heterocycles. The Labute approximate surface area is 133 Å². The van der Waals surface area contributed by atoms with Crippen molar-refractivity contribution in [1.82, 2.24) is 0 Å². The summed E-state index contributed by atoms with van der Waals surface area (Å²) in [5.74, 6) is 0. The number of aliphatic hydroxyl groups excluding tert-OH is 2. The molecule has 0 aliphatic heterocycles. The van der Waals surface area contributed by atoms with Crippen molar-refractivity contribution in [3.63, 3.8) is 0 Å². The summed E-state index contributed by atoms with van der Waals surface area (Å²) in [7, 11) is 2.00. The van der Waals surface area contributed by atoms with Crippen LogP contribution in [0.1, 0.15) is 26.7 Å². The fourth-order valence-corrected chi connectivity index (χ4v) is 23.0. The molecule has 0 saturated carbocycles. The molecule has 0 atom stereocenters. The molecule has 2 aliphatic carbocycles. The third-order valence-electron chi connectivity index (χ3n) is 4.01. The van der Waals surface area contributed by atoms with Crippen molar-refractivity contribution in [2.45, 2.75) is 39.8 Å². The Morgan fingerprint density at radius 1 is 0.905 bits per heavy atom. The second-order valence-corrected chi connectivity index (χ2v) is 21.1. The summed E-state index contributed by atoms with van der Waals surface area (Å²) in [5.41, 5.74) is 0. The fraction of sp³-hybridized carbons (Fsp3) is 0.471. The summed E-state index contributed by atoms with van der Waals surface area (Å²) in [6, 6.07) is 0. The molecule has 2 aliphatic rings. The van der Waals surface area contributed by atoms with Gasteiger partial charge in [0.25, 0.3) is 0 Å². The summed E-state index contributed by atoms with van der Waals surface area (Å²) in [6.45, 7) is 9.87. The number of hydrogen-bond donors (Lipinski definition) is 2. The monoisotopic (exact) mass is 342 g/mol. The van der Waals surface area contributed by atoms with E-state index in [1.807, 2.05) is 0 Å². The zero-order valence-corrected chi connectivity index (χ0v) is 16.8. The van der Waals surface area contributed by atoms with E-state index < -0.39 is 14.9 Å². The summed E-state index contributed by atoms with van der Waals surface area (Å²) < 4.78 is 5.37. The van der Waals surface area contributed by atoms with E-state index in [0.29, 0.717) is 0 Å². The number of hydrogen-bond acceptors (Lipinski definition) is 2. The molecule has 21 heavy (non-hydrogen) atoms. The van der Waals surface area contributed by atoms with Crippen molar-refractivity contribution in [3.8, 4) is 0 Å². The molecule has 2 N–H and O–H groups in total. The topological polar surface area (TPSA) is 40.5 Å². The summed E-state index contributed by atoms with van der Waals surface area (Å²) in [5, 5.41) is 14.0. The Hall–Kier alpha value is -0.319. The van der Waals surface area contributed by atoms with Gasteiger partial charge in [-0.25, -0.2) is 0 Å². The molecular weight excluding hydrogens is 312 g/mol. The van der Waals surface area contributed by atoms with E-state index in [0.717, 1.165) is 14.2 Å². The van der Waals surface area contributed by atoms with Gasteiger partial charge in [0.15, 0.2) is 0 Å². The zero-order chi connectivity index (χ0) is 16.5. The van der Waals surface area contributed by atoms with E-state index in [4.69, 9.17) is 10.2 Å². The van der Waals surface area contributed by atoms with Gasteiger partial charge in [0.2, 0.25) is 0 Å². The first kappa shape index (κ1) is 20.7. The van der Waals surface area contributed by atoms with Gasteiger partial charge < -0.3 is 10.2 Å². The standard InChI is InChI=1S/2C5H5.C3H6.C2H6Si.2CH4O.Ti/c2*1-2-4-5-3-1;2*1-3-2;2*1-2;/h2*1-3H,4H2;2*1-2H3;2*2H,1H3;. The van der Waals surface area contributed by atoms with Crippen molar-refractivity contribution in [2.24, 2.45) is 0 Å². The SMILES string of the molecule is CO.CO.C[C](C)=[Ti]([C]1=CC=CC1)([C]1=CC=CC1)=[Si](C)C. The van der Waals surface area contributed by atoms with Gasteiger partial charge in [0.05, 0.1) is 0 Å². The van der Waals surface area contributed by atoms with E-state index in [2.05, 4.69) is 63.4 Å². The summed E-state index contributed by atoms with van der Waals surface area (Å²) in [6.07, 6.45) is 16.3. The van der Waals surface area contributed by atoms with Gasteiger partial charge in [0, 0.05) is 14.2 Å². The first-order valence-corrected chi connectivity index (χ1v) is 14.5. The van der Waals surface area contributed by atoms with E-state index in [1.165, 1.54) is 12.8 Å². The van der Waals surface area contributed by atoms with Crippen LogP contribution in [0.2, 0.25) is 13.1 Å². The molecule has 2 rings (SSSR count). The van der Waals surface area contributed by atoms with Gasteiger partial charge in [-0.3, -0.25) is 0 Å². The third-order valence-corrected chi connectivity index (χ3v) is 23.8. The Morgan fingerprint density at radius 2 is 1.29 bits per heavy atom. The van der Waals surface area contributed by atoms with E-state index in [1.54, 1.807) is 11.6 Å². The van der Waals surface area contributed by atoms with E-state index >= 15 is 0 Å². The van der Waals surface area contributed by atoms with Crippen LogP contribution < -0.4 is 0 Å². The maximum absolute atomic E-state index is 7.00. The summed E-state index contributed by atoms with van der Waals surface area (Å²) in [4.78, 5) is 0. The molecule has 0 saturated heterocycles. The van der Waals surface area contributed by atoms with Crippen LogP contribution in [0.4, 0.5) is 0 Å². The average Bonchev–Trinajstić information content (AvgIpc) is 3.17. The first-order valence-electron chi connectivity index (χ1n) is 7.33. The minimum absolute atomic E-state index is 0.264. The maximum atomic E-state index is 7.00. The van der Waals surface area contributed by atoms with E-state index in [9.17, 15) is 0 Å². The Morgan fingerprint density at radius 3 is 1.48 bits per heavy atom. The van der Waals surface area contributed by atoms with E-state index in [-0.39, 0.29) is 6.19 Å². The van der Waals surface area contributed by atoms with Gasteiger partial charge >= 0.3 is 109 Å². The number of rotatable bonds is 2. The van der Waals surface area contributed by atoms with Crippen molar-refractivity contribution < 1.29 is 25.1 Å². The molecule has 0 fully saturated rings. The van der Waals surface area contributed by atoms with Crippen molar-refractivity contribution in [1.29, 1.82) is 0 Å². The molecule has 0 heterocycles. The summed E-state index contributed by atoms with van der Waals surface area (Å²) >= 11 is -2.08. The molecule has 0 unspecified atom stereocenters. The van der Waals surface area contributed by atoms with Gasteiger partial charge in [0.1, 0.15) is 0 Å². The zero-order valence-electron chi connectivity index (χ0n) is 14.3. The number of aliphatic hydroxyl groups is 2. The van der Waals surface area contributed by atoms with Crippen molar-refractivity contribution >= 4 is 10.00 Å². The number of allylic oxidation sites excluding steroid dienone is 8. The predicted molar refractivity (Wildman–Crippen MR) is 93.8 cm³/mol. The molecular formula is C17H30O2SiTi. The molecule has 0 bridgehead atoms. The molecule has 0 aromatic carbocycles. The molecule has 118 valence electrons. The predicted octanol–water partition coefficient (Wildman–Crippen LogP) is 3.51.